The molecule has 0 unspecified atom stereocenters. The molecule has 2 aromatic heterocycles. The number of hydrogen-bond acceptors (Lipinski definition) is 3. The lowest BCUT2D eigenvalue weighted by Crippen LogP contribution is -1.96. The summed E-state index contributed by atoms with van der Waals surface area (Å²) in [5, 5.41) is 2.18. The molecule has 0 bridgehead atoms. The third kappa shape index (κ3) is 3.15. The topological polar surface area (TPSA) is 38.9 Å². The molecule has 0 aliphatic carbocycles. The number of furan rings is 1. The van der Waals surface area contributed by atoms with Crippen molar-refractivity contribution < 1.29 is 4.42 Å². The molecule has 6 rings (SSSR count). The molecule has 3 heteroatoms. The maximum atomic E-state index is 6.18. The highest BCUT2D eigenvalue weighted by atomic mass is 16.3. The van der Waals surface area contributed by atoms with E-state index in [1.54, 1.807) is 0 Å². The molecule has 152 valence electrons. The zero-order chi connectivity index (χ0) is 21.5. The van der Waals surface area contributed by atoms with E-state index < -0.39 is 0 Å². The lowest BCUT2D eigenvalue weighted by atomic mass is 9.99. The fourth-order valence-electron chi connectivity index (χ4n) is 4.25. The summed E-state index contributed by atoms with van der Waals surface area (Å²) in [5.41, 5.74) is 7.79. The third-order valence-electron chi connectivity index (χ3n) is 5.73. The predicted octanol–water partition coefficient (Wildman–Crippen LogP) is 7.69. The van der Waals surface area contributed by atoms with Crippen LogP contribution < -0.4 is 0 Å². The van der Waals surface area contributed by atoms with Crippen molar-refractivity contribution in [2.75, 3.05) is 0 Å². The van der Waals surface area contributed by atoms with Gasteiger partial charge < -0.3 is 4.42 Å². The molecule has 0 spiro atoms. The Bertz CT molecular complexity index is 1510. The van der Waals surface area contributed by atoms with Crippen LogP contribution in [0.4, 0.5) is 0 Å². The number of aromatic nitrogens is 2. The highest BCUT2D eigenvalue weighted by Crippen LogP contribution is 2.38. The molecule has 2 heterocycles. The number of para-hydroxylation sites is 1. The van der Waals surface area contributed by atoms with Crippen LogP contribution in [0.3, 0.4) is 0 Å². The maximum absolute atomic E-state index is 6.18. The van der Waals surface area contributed by atoms with Crippen molar-refractivity contribution in [3.05, 3.63) is 109 Å². The molecule has 6 aromatic rings. The highest BCUT2D eigenvalue weighted by molar-refractivity contribution is 6.12. The smallest absolute Gasteiger partial charge is 0.160 e. The molecule has 0 atom stereocenters. The maximum Gasteiger partial charge on any atom is 0.160 e. The molecule has 0 amide bonds. The van der Waals surface area contributed by atoms with Crippen LogP contribution in [0.2, 0.25) is 0 Å². The van der Waals surface area contributed by atoms with E-state index in [1.165, 1.54) is 0 Å². The molecule has 32 heavy (non-hydrogen) atoms. The van der Waals surface area contributed by atoms with Crippen molar-refractivity contribution in [2.45, 2.75) is 6.92 Å². The van der Waals surface area contributed by atoms with Crippen molar-refractivity contribution >= 4 is 21.9 Å². The summed E-state index contributed by atoms with van der Waals surface area (Å²) < 4.78 is 6.18. The van der Waals surface area contributed by atoms with Gasteiger partial charge >= 0.3 is 0 Å². The van der Waals surface area contributed by atoms with Crippen LogP contribution in [0.25, 0.3) is 55.8 Å². The molecule has 0 saturated heterocycles. The summed E-state index contributed by atoms with van der Waals surface area (Å²) in [6.45, 7) is 2.09. The third-order valence-corrected chi connectivity index (χ3v) is 5.73. The van der Waals surface area contributed by atoms with Gasteiger partial charge in [-0.1, -0.05) is 78.9 Å². The van der Waals surface area contributed by atoms with Gasteiger partial charge in [0, 0.05) is 27.5 Å². The van der Waals surface area contributed by atoms with Crippen LogP contribution >= 0.6 is 0 Å². The minimum Gasteiger partial charge on any atom is -0.456 e. The van der Waals surface area contributed by atoms with E-state index in [-0.39, 0.29) is 0 Å². The quantitative estimate of drug-likeness (QED) is 0.299. The van der Waals surface area contributed by atoms with E-state index >= 15 is 0 Å². The molecule has 4 aromatic carbocycles. The first-order valence-corrected chi connectivity index (χ1v) is 10.7. The van der Waals surface area contributed by atoms with Crippen molar-refractivity contribution in [3.63, 3.8) is 0 Å². The summed E-state index contributed by atoms with van der Waals surface area (Å²) in [6, 6.07) is 34.9. The lowest BCUT2D eigenvalue weighted by molar-refractivity contribution is 0.668. The first kappa shape index (κ1) is 18.5. The van der Waals surface area contributed by atoms with Gasteiger partial charge in [-0.05, 0) is 36.8 Å². The lowest BCUT2D eigenvalue weighted by Gasteiger charge is -2.11. The van der Waals surface area contributed by atoms with E-state index in [9.17, 15) is 0 Å². The molecular weight excluding hydrogens is 392 g/mol. The van der Waals surface area contributed by atoms with E-state index in [0.29, 0.717) is 5.82 Å². The predicted molar refractivity (Wildman–Crippen MR) is 130 cm³/mol. The molecule has 0 N–H and O–H groups in total. The first-order valence-electron chi connectivity index (χ1n) is 10.7. The Hall–Kier alpha value is -4.24. The van der Waals surface area contributed by atoms with Gasteiger partial charge in [0.1, 0.15) is 11.2 Å². The Labute approximate surface area is 186 Å². The minimum atomic E-state index is 0.712. The van der Waals surface area contributed by atoms with Crippen LogP contribution in [0.1, 0.15) is 5.56 Å². The second kappa shape index (κ2) is 7.47. The average Bonchev–Trinajstić information content (AvgIpc) is 3.22. The van der Waals surface area contributed by atoms with Crippen molar-refractivity contribution in [3.8, 4) is 33.9 Å². The van der Waals surface area contributed by atoms with E-state index in [1.807, 2.05) is 66.7 Å². The summed E-state index contributed by atoms with van der Waals surface area (Å²) in [6.07, 6.45) is 0. The standard InChI is InChI=1S/C29H20N2O/c1-19-16-23(28-22-14-8-9-15-26(22)32-27(28)17-19)25-18-24(20-10-4-2-5-11-20)30-29(31-25)21-12-6-3-7-13-21/h2-18H,1H3. The molecule has 0 fully saturated rings. The van der Waals surface area contributed by atoms with Crippen molar-refractivity contribution in [1.82, 2.24) is 9.97 Å². The number of nitrogens with zero attached hydrogens (tertiary/aromatic N) is 2. The highest BCUT2D eigenvalue weighted by Gasteiger charge is 2.17. The number of fused-ring (bicyclic) bond motifs is 3. The average molecular weight is 412 g/mol. The number of rotatable bonds is 3. The summed E-state index contributed by atoms with van der Waals surface area (Å²) in [5.74, 6) is 0.712. The van der Waals surface area contributed by atoms with E-state index in [0.717, 1.165) is 55.6 Å². The molecule has 0 saturated carbocycles. The molecular formula is C29H20N2O. The number of aryl methyl sites for hydroxylation is 1. The Kier molecular flexibility index (Phi) is 4.32. The van der Waals surface area contributed by atoms with Gasteiger partial charge in [0.25, 0.3) is 0 Å². The minimum absolute atomic E-state index is 0.712. The van der Waals surface area contributed by atoms with Gasteiger partial charge in [-0.25, -0.2) is 9.97 Å². The normalized spacial score (nSPS) is 11.3. The van der Waals surface area contributed by atoms with Crippen LogP contribution in [0, 0.1) is 6.92 Å². The van der Waals surface area contributed by atoms with E-state index in [4.69, 9.17) is 14.4 Å². The fraction of sp³-hybridized carbons (Fsp3) is 0.0345. The van der Waals surface area contributed by atoms with Crippen LogP contribution in [-0.4, -0.2) is 9.97 Å². The van der Waals surface area contributed by atoms with Gasteiger partial charge in [0.2, 0.25) is 0 Å². The fourth-order valence-corrected chi connectivity index (χ4v) is 4.25. The Morgan fingerprint density at radius 1 is 0.594 bits per heavy atom. The van der Waals surface area contributed by atoms with Gasteiger partial charge in [-0.2, -0.15) is 0 Å². The number of hydrogen-bond donors (Lipinski definition) is 0. The zero-order valence-corrected chi connectivity index (χ0v) is 17.6. The van der Waals surface area contributed by atoms with E-state index in [2.05, 4.69) is 43.3 Å². The van der Waals surface area contributed by atoms with Crippen LogP contribution in [0.5, 0.6) is 0 Å². The van der Waals surface area contributed by atoms with Crippen molar-refractivity contribution in [2.24, 2.45) is 0 Å². The zero-order valence-electron chi connectivity index (χ0n) is 17.6. The van der Waals surface area contributed by atoms with Gasteiger partial charge in [0.15, 0.2) is 5.82 Å². The number of benzene rings is 4. The van der Waals surface area contributed by atoms with Crippen molar-refractivity contribution in [1.29, 1.82) is 0 Å². The Morgan fingerprint density at radius 3 is 2.03 bits per heavy atom. The van der Waals surface area contributed by atoms with Gasteiger partial charge in [0.05, 0.1) is 11.4 Å². The Morgan fingerprint density at radius 2 is 1.25 bits per heavy atom. The molecule has 0 aliphatic heterocycles. The molecule has 3 nitrogen and oxygen atoms in total. The summed E-state index contributed by atoms with van der Waals surface area (Å²) in [4.78, 5) is 9.94. The SMILES string of the molecule is Cc1cc(-c2cc(-c3ccccc3)nc(-c3ccccc3)n2)c2c(c1)oc1ccccc12. The van der Waals surface area contributed by atoms with Crippen LogP contribution in [-0.2, 0) is 0 Å². The summed E-state index contributed by atoms with van der Waals surface area (Å²) in [7, 11) is 0. The largest absolute Gasteiger partial charge is 0.456 e. The monoisotopic (exact) mass is 412 g/mol. The second-order valence-electron chi connectivity index (χ2n) is 7.98. The molecule has 0 aliphatic rings. The second-order valence-corrected chi connectivity index (χ2v) is 7.98. The van der Waals surface area contributed by atoms with Crippen LogP contribution in [0.15, 0.2) is 108 Å². The first-order chi connectivity index (χ1) is 15.8. The Balaban J connectivity index is 1.68. The summed E-state index contributed by atoms with van der Waals surface area (Å²) >= 11 is 0. The van der Waals surface area contributed by atoms with Gasteiger partial charge in [-0.15, -0.1) is 0 Å². The molecule has 0 radical (unpaired) electrons. The van der Waals surface area contributed by atoms with Gasteiger partial charge in [-0.3, -0.25) is 0 Å².